The van der Waals surface area contributed by atoms with E-state index in [0.29, 0.717) is 18.7 Å². The lowest BCUT2D eigenvalue weighted by molar-refractivity contribution is -0.130. The predicted octanol–water partition coefficient (Wildman–Crippen LogP) is 3.58. The Kier molecular flexibility index (Phi) is 5.21. The Labute approximate surface area is 170 Å². The van der Waals surface area contributed by atoms with Gasteiger partial charge in [0.05, 0.1) is 0 Å². The molecule has 3 aromatic carbocycles. The van der Waals surface area contributed by atoms with Crippen LogP contribution in [0.1, 0.15) is 17.9 Å². The summed E-state index contributed by atoms with van der Waals surface area (Å²) in [5.74, 6) is 0.994. The fraction of sp³-hybridized carbons (Fsp3) is 0.250. The summed E-state index contributed by atoms with van der Waals surface area (Å²) in [4.78, 5) is 24.7. The van der Waals surface area contributed by atoms with Crippen LogP contribution < -0.4 is 10.1 Å². The minimum atomic E-state index is -0.0712. The molecule has 29 heavy (non-hydrogen) atoms. The van der Waals surface area contributed by atoms with Crippen LogP contribution in [0.3, 0.4) is 0 Å². The van der Waals surface area contributed by atoms with Gasteiger partial charge in [-0.05, 0) is 45.7 Å². The van der Waals surface area contributed by atoms with E-state index < -0.39 is 0 Å². The number of fused-ring (bicyclic) bond motifs is 1. The van der Waals surface area contributed by atoms with Crippen molar-refractivity contribution < 1.29 is 14.3 Å². The van der Waals surface area contributed by atoms with Gasteiger partial charge in [0.25, 0.3) is 5.91 Å². The maximum absolute atomic E-state index is 11.7. The van der Waals surface area contributed by atoms with Gasteiger partial charge in [-0.15, -0.1) is 0 Å². The molecular formula is C24H24N2O3. The Bertz CT molecular complexity index is 1060. The third-order valence-electron chi connectivity index (χ3n) is 5.37. The fourth-order valence-corrected chi connectivity index (χ4v) is 3.56. The van der Waals surface area contributed by atoms with E-state index in [2.05, 4.69) is 47.8 Å². The molecule has 0 aromatic heterocycles. The number of nitrogens with one attached hydrogen (secondary N) is 1. The zero-order chi connectivity index (χ0) is 20.4. The van der Waals surface area contributed by atoms with Gasteiger partial charge in [0.1, 0.15) is 5.75 Å². The van der Waals surface area contributed by atoms with Crippen LogP contribution in [0, 0.1) is 0 Å². The van der Waals surface area contributed by atoms with Crippen LogP contribution >= 0.6 is 0 Å². The molecule has 0 radical (unpaired) electrons. The van der Waals surface area contributed by atoms with Gasteiger partial charge < -0.3 is 15.0 Å². The summed E-state index contributed by atoms with van der Waals surface area (Å²) in [5.41, 5.74) is 3.43. The molecular weight excluding hydrogens is 364 g/mol. The van der Waals surface area contributed by atoms with Crippen molar-refractivity contribution in [2.45, 2.75) is 12.3 Å². The van der Waals surface area contributed by atoms with Gasteiger partial charge in [-0.2, -0.15) is 0 Å². The van der Waals surface area contributed by atoms with Crippen LogP contribution in [-0.2, 0) is 9.59 Å². The van der Waals surface area contributed by atoms with E-state index >= 15 is 0 Å². The summed E-state index contributed by atoms with van der Waals surface area (Å²) in [6.07, 6.45) is 0.564. The third-order valence-corrected chi connectivity index (χ3v) is 5.37. The number of rotatable bonds is 5. The Balaban J connectivity index is 1.54. The Hall–Kier alpha value is -3.34. The topological polar surface area (TPSA) is 58.6 Å². The number of likely N-dealkylation sites (N-methyl/N-ethyl adjacent to an activating group) is 1. The minimum Gasteiger partial charge on any atom is -0.484 e. The predicted molar refractivity (Wildman–Crippen MR) is 114 cm³/mol. The van der Waals surface area contributed by atoms with Crippen LogP contribution in [0.15, 0.2) is 60.7 Å². The first-order chi connectivity index (χ1) is 14.0. The quantitative estimate of drug-likeness (QED) is 0.727. The van der Waals surface area contributed by atoms with Crippen molar-refractivity contribution in [1.82, 2.24) is 10.2 Å². The van der Waals surface area contributed by atoms with Crippen molar-refractivity contribution in [3.8, 4) is 16.9 Å². The average Bonchev–Trinajstić information content (AvgIpc) is 3.17. The van der Waals surface area contributed by atoms with Crippen molar-refractivity contribution in [2.24, 2.45) is 0 Å². The number of benzene rings is 3. The first-order valence-corrected chi connectivity index (χ1v) is 9.73. The summed E-state index contributed by atoms with van der Waals surface area (Å²) in [6.45, 7) is 0.742. The molecule has 2 amide bonds. The summed E-state index contributed by atoms with van der Waals surface area (Å²) in [5, 5.41) is 5.07. The standard InChI is InChI=1S/C24H24N2O3/c1-26(2)24(28)15-29-22-10-9-17-7-8-19(11-20(17)12-22)16-3-5-18(6-4-16)21-13-23(27)25-14-21/h3-12,21H,13-15H2,1-2H3,(H,25,27). The Morgan fingerprint density at radius 2 is 1.72 bits per heavy atom. The number of carbonyl (C=O) groups is 2. The van der Waals surface area contributed by atoms with E-state index in [1.807, 2.05) is 18.2 Å². The summed E-state index contributed by atoms with van der Waals surface area (Å²) in [6, 6.07) is 20.6. The van der Waals surface area contributed by atoms with Gasteiger partial charge in [-0.25, -0.2) is 0 Å². The SMILES string of the molecule is CN(C)C(=O)COc1ccc2ccc(-c3ccc(C4CNC(=O)C4)cc3)cc2c1. The maximum Gasteiger partial charge on any atom is 0.259 e. The highest BCUT2D eigenvalue weighted by Gasteiger charge is 2.22. The lowest BCUT2D eigenvalue weighted by Crippen LogP contribution is -2.27. The molecule has 148 valence electrons. The Morgan fingerprint density at radius 3 is 2.41 bits per heavy atom. The molecule has 5 heteroatoms. The highest BCUT2D eigenvalue weighted by Crippen LogP contribution is 2.29. The summed E-state index contributed by atoms with van der Waals surface area (Å²) >= 11 is 0. The largest absolute Gasteiger partial charge is 0.484 e. The number of carbonyl (C=O) groups excluding carboxylic acids is 2. The van der Waals surface area contributed by atoms with Crippen molar-refractivity contribution >= 4 is 22.6 Å². The van der Waals surface area contributed by atoms with E-state index in [-0.39, 0.29) is 24.3 Å². The number of nitrogens with zero attached hydrogens (tertiary/aromatic N) is 1. The van der Waals surface area contributed by atoms with E-state index in [0.717, 1.165) is 21.9 Å². The first-order valence-electron chi connectivity index (χ1n) is 9.73. The van der Waals surface area contributed by atoms with Gasteiger partial charge >= 0.3 is 0 Å². The van der Waals surface area contributed by atoms with Gasteiger partial charge in [0.2, 0.25) is 5.91 Å². The molecule has 3 aromatic rings. The third kappa shape index (κ3) is 4.24. The van der Waals surface area contributed by atoms with E-state index in [9.17, 15) is 9.59 Å². The first kappa shape index (κ1) is 19.0. The van der Waals surface area contributed by atoms with Gasteiger partial charge in [0, 0.05) is 33.0 Å². The van der Waals surface area contributed by atoms with Crippen LogP contribution in [-0.4, -0.2) is 44.0 Å². The molecule has 4 rings (SSSR count). The zero-order valence-corrected chi connectivity index (χ0v) is 16.6. The van der Waals surface area contributed by atoms with Crippen LogP contribution in [0.25, 0.3) is 21.9 Å². The van der Waals surface area contributed by atoms with Gasteiger partial charge in [-0.1, -0.05) is 42.5 Å². The normalized spacial score (nSPS) is 15.9. The average molecular weight is 388 g/mol. The molecule has 1 saturated heterocycles. The lowest BCUT2D eigenvalue weighted by Gasteiger charge is -2.12. The van der Waals surface area contributed by atoms with Crippen LogP contribution in [0.5, 0.6) is 5.75 Å². The molecule has 0 aliphatic carbocycles. The second-order valence-electron chi connectivity index (χ2n) is 7.63. The van der Waals surface area contributed by atoms with E-state index in [1.165, 1.54) is 10.5 Å². The molecule has 1 N–H and O–H groups in total. The molecule has 0 saturated carbocycles. The minimum absolute atomic E-state index is 0.0260. The molecule has 1 aliphatic heterocycles. The molecule has 0 spiro atoms. The molecule has 1 atom stereocenters. The summed E-state index contributed by atoms with van der Waals surface area (Å²) in [7, 11) is 3.43. The fourth-order valence-electron chi connectivity index (χ4n) is 3.56. The van der Waals surface area contributed by atoms with Crippen LogP contribution in [0.2, 0.25) is 0 Å². The van der Waals surface area contributed by atoms with Crippen molar-refractivity contribution in [1.29, 1.82) is 0 Å². The van der Waals surface area contributed by atoms with E-state index in [4.69, 9.17) is 4.74 Å². The van der Waals surface area contributed by atoms with Crippen molar-refractivity contribution in [3.63, 3.8) is 0 Å². The second-order valence-corrected chi connectivity index (χ2v) is 7.63. The van der Waals surface area contributed by atoms with Crippen molar-refractivity contribution in [3.05, 3.63) is 66.2 Å². The molecule has 1 heterocycles. The van der Waals surface area contributed by atoms with Gasteiger partial charge in [0.15, 0.2) is 6.61 Å². The number of amides is 2. The summed E-state index contributed by atoms with van der Waals surface area (Å²) < 4.78 is 5.64. The molecule has 1 aliphatic rings. The number of hydrogen-bond acceptors (Lipinski definition) is 3. The Morgan fingerprint density at radius 1 is 1.00 bits per heavy atom. The monoisotopic (exact) mass is 388 g/mol. The zero-order valence-electron chi connectivity index (χ0n) is 16.6. The van der Waals surface area contributed by atoms with E-state index in [1.54, 1.807) is 14.1 Å². The molecule has 1 unspecified atom stereocenters. The van der Waals surface area contributed by atoms with Crippen molar-refractivity contribution in [2.75, 3.05) is 27.2 Å². The maximum atomic E-state index is 11.7. The molecule has 5 nitrogen and oxygen atoms in total. The molecule has 1 fully saturated rings. The number of hydrogen-bond donors (Lipinski definition) is 1. The number of ether oxygens (including phenoxy) is 1. The smallest absolute Gasteiger partial charge is 0.259 e. The van der Waals surface area contributed by atoms with Crippen LogP contribution in [0.4, 0.5) is 0 Å². The highest BCUT2D eigenvalue weighted by atomic mass is 16.5. The lowest BCUT2D eigenvalue weighted by atomic mass is 9.95. The molecule has 0 bridgehead atoms. The van der Waals surface area contributed by atoms with Gasteiger partial charge in [-0.3, -0.25) is 9.59 Å². The second kappa shape index (κ2) is 7.95. The highest BCUT2D eigenvalue weighted by molar-refractivity contribution is 5.88.